The van der Waals surface area contributed by atoms with E-state index in [-0.39, 0.29) is 0 Å². The number of rotatable bonds is 3. The number of alkyl halides is 3. The molecule has 0 amide bonds. The van der Waals surface area contributed by atoms with E-state index < -0.39 is 11.7 Å². The highest BCUT2D eigenvalue weighted by Gasteiger charge is 2.30. The van der Waals surface area contributed by atoms with Crippen LogP contribution in [0.2, 0.25) is 0 Å². The molecule has 0 aliphatic heterocycles. The van der Waals surface area contributed by atoms with Crippen LogP contribution in [-0.2, 0) is 12.6 Å². The van der Waals surface area contributed by atoms with Crippen LogP contribution in [0.1, 0.15) is 11.4 Å². The number of halogens is 3. The van der Waals surface area contributed by atoms with E-state index >= 15 is 0 Å². The lowest BCUT2D eigenvalue weighted by atomic mass is 10.1. The minimum atomic E-state index is -4.33. The van der Waals surface area contributed by atoms with Gasteiger partial charge in [-0.3, -0.25) is 0 Å². The maximum absolute atomic E-state index is 12.5. The third-order valence-corrected chi connectivity index (χ3v) is 2.56. The maximum atomic E-state index is 12.5. The summed E-state index contributed by atoms with van der Waals surface area (Å²) in [5.41, 5.74) is -0.148. The largest absolute Gasteiger partial charge is 0.416 e. The second-order valence-corrected chi connectivity index (χ2v) is 3.91. The van der Waals surface area contributed by atoms with Crippen LogP contribution in [0.4, 0.5) is 13.2 Å². The minimum absolute atomic E-state index is 0.401. The highest BCUT2D eigenvalue weighted by Crippen LogP contribution is 2.30. The lowest BCUT2D eigenvalue weighted by molar-refractivity contribution is -0.137. The van der Waals surface area contributed by atoms with Gasteiger partial charge in [0, 0.05) is 24.5 Å². The molecule has 0 saturated carbocycles. The second kappa shape index (κ2) is 4.89. The van der Waals surface area contributed by atoms with E-state index in [1.807, 2.05) is 7.05 Å². The van der Waals surface area contributed by atoms with Crippen LogP contribution in [0.5, 0.6) is 0 Å². The zero-order valence-corrected chi connectivity index (χ0v) is 9.75. The van der Waals surface area contributed by atoms with Crippen LogP contribution < -0.4 is 5.32 Å². The summed E-state index contributed by atoms with van der Waals surface area (Å²) >= 11 is 0. The van der Waals surface area contributed by atoms with Gasteiger partial charge in [-0.05, 0) is 25.2 Å². The van der Waals surface area contributed by atoms with E-state index in [1.54, 1.807) is 0 Å². The van der Waals surface area contributed by atoms with E-state index in [0.29, 0.717) is 23.1 Å². The van der Waals surface area contributed by atoms with E-state index in [4.69, 9.17) is 0 Å². The number of nitrogens with one attached hydrogen (secondary N) is 1. The standard InChI is InChI=1S/C12H12F3N3/c1-16-5-4-11-17-7-8-6-9(12(13,14)15)2-3-10(8)18-11/h2-3,6-7,16H,4-5H2,1H3. The molecule has 18 heavy (non-hydrogen) atoms. The molecule has 1 aromatic heterocycles. The van der Waals surface area contributed by atoms with Crippen molar-refractivity contribution in [2.45, 2.75) is 12.6 Å². The van der Waals surface area contributed by atoms with Crippen molar-refractivity contribution in [3.63, 3.8) is 0 Å². The van der Waals surface area contributed by atoms with Gasteiger partial charge < -0.3 is 5.32 Å². The van der Waals surface area contributed by atoms with Gasteiger partial charge in [-0.15, -0.1) is 0 Å². The average molecular weight is 255 g/mol. The molecule has 0 spiro atoms. The molecule has 96 valence electrons. The highest BCUT2D eigenvalue weighted by molar-refractivity contribution is 5.78. The van der Waals surface area contributed by atoms with Gasteiger partial charge in [0.25, 0.3) is 0 Å². The van der Waals surface area contributed by atoms with Crippen LogP contribution in [0.15, 0.2) is 24.4 Å². The maximum Gasteiger partial charge on any atom is 0.416 e. The molecule has 2 aromatic rings. The van der Waals surface area contributed by atoms with Gasteiger partial charge in [-0.25, -0.2) is 9.97 Å². The smallest absolute Gasteiger partial charge is 0.319 e. The number of benzene rings is 1. The van der Waals surface area contributed by atoms with Gasteiger partial charge in [0.15, 0.2) is 0 Å². The van der Waals surface area contributed by atoms with Crippen molar-refractivity contribution >= 4 is 10.9 Å². The van der Waals surface area contributed by atoms with Crippen LogP contribution in [0.3, 0.4) is 0 Å². The Balaban J connectivity index is 2.36. The third-order valence-electron chi connectivity index (χ3n) is 2.56. The topological polar surface area (TPSA) is 37.8 Å². The minimum Gasteiger partial charge on any atom is -0.319 e. The highest BCUT2D eigenvalue weighted by atomic mass is 19.4. The van der Waals surface area contributed by atoms with Crippen LogP contribution in [0.25, 0.3) is 10.9 Å². The molecule has 0 aliphatic carbocycles. The molecular formula is C12H12F3N3. The first-order valence-electron chi connectivity index (χ1n) is 5.48. The molecule has 1 heterocycles. The molecule has 3 nitrogen and oxygen atoms in total. The van der Waals surface area contributed by atoms with Gasteiger partial charge in [-0.2, -0.15) is 13.2 Å². The van der Waals surface area contributed by atoms with Crippen molar-refractivity contribution in [2.24, 2.45) is 0 Å². The summed E-state index contributed by atoms with van der Waals surface area (Å²) in [5, 5.41) is 3.37. The Kier molecular flexibility index (Phi) is 3.47. The van der Waals surface area contributed by atoms with E-state index in [0.717, 1.165) is 18.7 Å². The molecule has 0 unspecified atom stereocenters. The monoisotopic (exact) mass is 255 g/mol. The summed E-state index contributed by atoms with van der Waals surface area (Å²) in [7, 11) is 1.82. The first-order chi connectivity index (χ1) is 8.50. The zero-order valence-electron chi connectivity index (χ0n) is 9.75. The summed E-state index contributed by atoms with van der Waals surface area (Å²) < 4.78 is 37.5. The summed E-state index contributed by atoms with van der Waals surface area (Å²) in [6.07, 6.45) is -2.25. The fraction of sp³-hybridized carbons (Fsp3) is 0.333. The molecule has 0 aliphatic rings. The van der Waals surface area contributed by atoms with E-state index in [2.05, 4.69) is 15.3 Å². The van der Waals surface area contributed by atoms with Crippen molar-refractivity contribution in [1.29, 1.82) is 0 Å². The Labute approximate surface area is 102 Å². The molecule has 0 fully saturated rings. The molecule has 6 heteroatoms. The van der Waals surface area contributed by atoms with E-state index in [1.165, 1.54) is 12.3 Å². The second-order valence-electron chi connectivity index (χ2n) is 3.91. The summed E-state index contributed by atoms with van der Waals surface area (Å²) in [4.78, 5) is 8.27. The molecule has 1 aromatic carbocycles. The van der Waals surface area contributed by atoms with Crippen LogP contribution in [0, 0.1) is 0 Å². The fourth-order valence-electron chi connectivity index (χ4n) is 1.61. The van der Waals surface area contributed by atoms with Crippen LogP contribution >= 0.6 is 0 Å². The molecule has 0 saturated heterocycles. The van der Waals surface area contributed by atoms with Crippen molar-refractivity contribution in [3.8, 4) is 0 Å². The molecular weight excluding hydrogens is 243 g/mol. The van der Waals surface area contributed by atoms with Crippen LogP contribution in [-0.4, -0.2) is 23.6 Å². The molecule has 0 atom stereocenters. The van der Waals surface area contributed by atoms with Gasteiger partial charge >= 0.3 is 6.18 Å². The predicted molar refractivity (Wildman–Crippen MR) is 62.2 cm³/mol. The molecule has 1 N–H and O–H groups in total. The van der Waals surface area contributed by atoms with Crippen molar-refractivity contribution in [2.75, 3.05) is 13.6 Å². The Morgan fingerprint density at radius 2 is 2.06 bits per heavy atom. The van der Waals surface area contributed by atoms with Crippen molar-refractivity contribution in [1.82, 2.24) is 15.3 Å². The summed E-state index contributed by atoms with van der Waals surface area (Å²) in [5.74, 6) is 0.622. The molecule has 0 radical (unpaired) electrons. The number of nitrogens with zero attached hydrogens (tertiary/aromatic N) is 2. The number of aromatic nitrogens is 2. The Morgan fingerprint density at radius 3 is 2.72 bits per heavy atom. The Bertz CT molecular complexity index is 552. The van der Waals surface area contributed by atoms with Gasteiger partial charge in [0.2, 0.25) is 0 Å². The van der Waals surface area contributed by atoms with Gasteiger partial charge in [0.1, 0.15) is 5.82 Å². The lowest BCUT2D eigenvalue weighted by Crippen LogP contribution is -2.12. The summed E-state index contributed by atoms with van der Waals surface area (Å²) in [6.45, 7) is 0.728. The third kappa shape index (κ3) is 2.76. The van der Waals surface area contributed by atoms with Crippen molar-refractivity contribution in [3.05, 3.63) is 35.8 Å². The first kappa shape index (κ1) is 12.8. The lowest BCUT2D eigenvalue weighted by Gasteiger charge is -2.07. The first-order valence-corrected chi connectivity index (χ1v) is 5.48. The molecule has 2 rings (SSSR count). The normalized spacial score (nSPS) is 12.0. The Hall–Kier alpha value is -1.69. The summed E-state index contributed by atoms with van der Waals surface area (Å²) in [6, 6.07) is 3.48. The quantitative estimate of drug-likeness (QED) is 0.915. The zero-order chi connectivity index (χ0) is 13.2. The van der Waals surface area contributed by atoms with Gasteiger partial charge in [0.05, 0.1) is 11.1 Å². The SMILES string of the molecule is CNCCc1ncc2cc(C(F)(F)F)ccc2n1. The predicted octanol–water partition coefficient (Wildman–Crippen LogP) is 2.41. The fourth-order valence-corrected chi connectivity index (χ4v) is 1.61. The Morgan fingerprint density at radius 1 is 1.28 bits per heavy atom. The average Bonchev–Trinajstić information content (AvgIpc) is 2.34. The number of likely N-dealkylation sites (N-methyl/N-ethyl adjacent to an activating group) is 1. The number of fused-ring (bicyclic) bond motifs is 1. The van der Waals surface area contributed by atoms with Gasteiger partial charge in [-0.1, -0.05) is 0 Å². The van der Waals surface area contributed by atoms with Crippen molar-refractivity contribution < 1.29 is 13.2 Å². The van der Waals surface area contributed by atoms with E-state index in [9.17, 15) is 13.2 Å². The number of hydrogen-bond acceptors (Lipinski definition) is 3. The molecule has 0 bridgehead atoms. The number of hydrogen-bond donors (Lipinski definition) is 1.